The van der Waals surface area contributed by atoms with Crippen LogP contribution >= 0.6 is 0 Å². The van der Waals surface area contributed by atoms with Crippen LogP contribution in [0.15, 0.2) is 54.7 Å². The van der Waals surface area contributed by atoms with Crippen molar-refractivity contribution in [3.8, 4) is 0 Å². The van der Waals surface area contributed by atoms with Crippen molar-refractivity contribution in [1.29, 1.82) is 0 Å². The molecule has 15 nitrogen and oxygen atoms in total. The number of allylic oxidation sites excluding steroid dienone is 1. The van der Waals surface area contributed by atoms with Gasteiger partial charge in [-0.05, 0) is 61.3 Å². The smallest absolute Gasteiger partial charge is 0.410 e. The monoisotopic (exact) mass is 771 g/mol. The van der Waals surface area contributed by atoms with Crippen molar-refractivity contribution in [1.82, 2.24) is 30.7 Å². The molecule has 3 aliphatic heterocycles. The molecule has 0 bridgehead atoms. The third-order valence-corrected chi connectivity index (χ3v) is 11.3. The second kappa shape index (κ2) is 17.1. The molecule has 15 heteroatoms. The van der Waals surface area contributed by atoms with E-state index < -0.39 is 71.4 Å². The number of nitrogens with zero attached hydrogens (tertiary/aromatic N) is 4. The Balaban J connectivity index is 1.22. The number of ether oxygens (including phenoxy) is 1. The number of pyridine rings is 1. The molecule has 1 saturated heterocycles. The molecule has 2 aromatic rings. The highest BCUT2D eigenvalue weighted by molar-refractivity contribution is 5.99. The van der Waals surface area contributed by atoms with Crippen LogP contribution in [0, 0.1) is 11.8 Å². The van der Waals surface area contributed by atoms with Gasteiger partial charge in [-0.2, -0.15) is 0 Å². The summed E-state index contributed by atoms with van der Waals surface area (Å²) in [5, 5.41) is 18.6. The largest absolute Gasteiger partial charge is 0.479 e. The number of fused-ring (bicyclic) bond motifs is 3. The molecule has 4 N–H and O–H groups in total. The van der Waals surface area contributed by atoms with Crippen LogP contribution in [0.4, 0.5) is 10.6 Å². The first kappa shape index (κ1) is 40.2. The molecule has 2 fully saturated rings. The lowest BCUT2D eigenvalue weighted by Crippen LogP contribution is -2.58. The first-order valence-electron chi connectivity index (χ1n) is 19.6. The molecule has 1 saturated carbocycles. The number of carboxylic acids is 1. The summed E-state index contributed by atoms with van der Waals surface area (Å²) in [6.07, 6.45) is 7.66. The fourth-order valence-electron chi connectivity index (χ4n) is 7.82. The van der Waals surface area contributed by atoms with Crippen LogP contribution in [0.25, 0.3) is 0 Å². The van der Waals surface area contributed by atoms with Crippen molar-refractivity contribution in [3.05, 3.63) is 71.4 Å². The number of nitrogens with one attached hydrogen (secondary N) is 3. The van der Waals surface area contributed by atoms with Crippen molar-refractivity contribution >= 4 is 41.5 Å². The van der Waals surface area contributed by atoms with E-state index in [1.165, 1.54) is 11.1 Å². The van der Waals surface area contributed by atoms with Gasteiger partial charge in [-0.1, -0.05) is 63.1 Å². The fourth-order valence-corrected chi connectivity index (χ4v) is 7.82. The zero-order valence-corrected chi connectivity index (χ0v) is 32.5. The van der Waals surface area contributed by atoms with Gasteiger partial charge in [-0.25, -0.2) is 14.6 Å². The normalized spacial score (nSPS) is 25.7. The van der Waals surface area contributed by atoms with Crippen molar-refractivity contribution in [2.75, 3.05) is 32.1 Å². The third-order valence-electron chi connectivity index (χ3n) is 11.3. The summed E-state index contributed by atoms with van der Waals surface area (Å²) in [6.45, 7) is 4.26. The van der Waals surface area contributed by atoms with E-state index in [9.17, 15) is 33.9 Å². The van der Waals surface area contributed by atoms with Crippen LogP contribution in [-0.2, 0) is 36.9 Å². The van der Waals surface area contributed by atoms with Crippen LogP contribution < -0.4 is 20.9 Å². The van der Waals surface area contributed by atoms with E-state index in [1.54, 1.807) is 35.8 Å². The van der Waals surface area contributed by atoms with Gasteiger partial charge >= 0.3 is 12.1 Å². The quantitative estimate of drug-likeness (QED) is 0.291. The number of carboxylic acid groups (broad SMARTS) is 1. The summed E-state index contributed by atoms with van der Waals surface area (Å²) in [5.41, 5.74) is 0.946. The highest BCUT2D eigenvalue weighted by Gasteiger charge is 2.61. The van der Waals surface area contributed by atoms with Crippen molar-refractivity contribution < 1.29 is 38.6 Å². The Morgan fingerprint density at radius 3 is 2.52 bits per heavy atom. The Hall–Kier alpha value is -5.47. The highest BCUT2D eigenvalue weighted by Crippen LogP contribution is 2.45. The maximum absolute atomic E-state index is 14.6. The van der Waals surface area contributed by atoms with Gasteiger partial charge in [0, 0.05) is 45.7 Å². The van der Waals surface area contributed by atoms with Gasteiger partial charge in [-0.15, -0.1) is 0 Å². The third kappa shape index (κ3) is 8.97. The van der Waals surface area contributed by atoms with Crippen LogP contribution in [0.2, 0.25) is 0 Å². The Bertz CT molecular complexity index is 1850. The summed E-state index contributed by atoms with van der Waals surface area (Å²) in [5.74, 6) is -3.53. The molecule has 4 heterocycles. The minimum Gasteiger partial charge on any atom is -0.479 e. The van der Waals surface area contributed by atoms with E-state index in [0.717, 1.165) is 24.0 Å². The van der Waals surface area contributed by atoms with E-state index in [1.807, 2.05) is 50.5 Å². The molecule has 0 radical (unpaired) electrons. The molecular weight excluding hydrogens is 718 g/mol. The standard InChI is InChI=1S/C41H53N7O8/c1-25(2)34(44-35(49)27-16-17-33(42-22-27)46(3)4)37(51)43-31-15-9-7-5-6-8-14-29-21-41(29,39(53)54)45-36(50)32-20-30(24-48(32)38(31)52)56-40(55)47-19-18-26-12-10-11-13-28(26)23-47/h8,10-14,16-17,22,25,29-32,34H,5-7,9,15,18-21,23-24H2,1-4H3,(H,43,51)(H,44,49)(H,45,50)(H,53,54)/t29-,30-,31+,32+,34?,41-/m1/s1. The number of carbonyl (C=O) groups is 6. The van der Waals surface area contributed by atoms with Gasteiger partial charge < -0.3 is 40.5 Å². The first-order chi connectivity index (χ1) is 26.8. The van der Waals surface area contributed by atoms with E-state index in [-0.39, 0.29) is 37.3 Å². The van der Waals surface area contributed by atoms with Gasteiger partial charge in [-0.3, -0.25) is 19.2 Å². The first-order valence-corrected chi connectivity index (χ1v) is 19.6. The lowest BCUT2D eigenvalue weighted by atomic mass is 10.0. The second-order valence-corrected chi connectivity index (χ2v) is 15.9. The van der Waals surface area contributed by atoms with Gasteiger partial charge in [0.2, 0.25) is 17.7 Å². The molecule has 6 atom stereocenters. The van der Waals surface area contributed by atoms with Crippen molar-refractivity contribution in [3.63, 3.8) is 0 Å². The number of aromatic nitrogens is 1. The molecule has 1 aliphatic carbocycles. The maximum atomic E-state index is 14.6. The zero-order chi connectivity index (χ0) is 40.1. The van der Waals surface area contributed by atoms with Gasteiger partial charge in [0.15, 0.2) is 0 Å². The van der Waals surface area contributed by atoms with Gasteiger partial charge in [0.05, 0.1) is 12.1 Å². The van der Waals surface area contributed by atoms with E-state index >= 15 is 0 Å². The topological polar surface area (TPSA) is 191 Å². The molecule has 1 aromatic heterocycles. The predicted molar refractivity (Wildman–Crippen MR) is 206 cm³/mol. The van der Waals surface area contributed by atoms with Crippen LogP contribution in [0.3, 0.4) is 0 Å². The molecule has 6 rings (SSSR count). The Morgan fingerprint density at radius 1 is 1.05 bits per heavy atom. The van der Waals surface area contributed by atoms with Gasteiger partial charge in [0.25, 0.3) is 5.91 Å². The average molecular weight is 772 g/mol. The Labute approximate surface area is 327 Å². The number of amides is 5. The number of rotatable bonds is 8. The van der Waals surface area contributed by atoms with Crippen LogP contribution in [0.1, 0.15) is 80.3 Å². The minimum absolute atomic E-state index is 0.0457. The second-order valence-electron chi connectivity index (χ2n) is 15.9. The van der Waals surface area contributed by atoms with E-state index in [2.05, 4.69) is 20.9 Å². The minimum atomic E-state index is -1.50. The SMILES string of the molecule is CC(C)C(NC(=O)c1ccc(N(C)C)nc1)C(=O)N[C@H]1CCCCCC=C[C@@H]2C[C@@]2(C(=O)O)NC(=O)[C@@H]2C[C@@H](OC(=O)N3CCc4ccccc4C3)CN2C1=O. The van der Waals surface area contributed by atoms with Crippen molar-refractivity contribution in [2.24, 2.45) is 11.8 Å². The number of anilines is 1. The van der Waals surface area contributed by atoms with E-state index in [4.69, 9.17) is 4.74 Å². The molecule has 56 heavy (non-hydrogen) atoms. The molecule has 1 unspecified atom stereocenters. The summed E-state index contributed by atoms with van der Waals surface area (Å²) in [7, 11) is 3.67. The summed E-state index contributed by atoms with van der Waals surface area (Å²) >= 11 is 0. The molecule has 5 amide bonds. The van der Waals surface area contributed by atoms with Crippen LogP contribution in [0.5, 0.6) is 0 Å². The number of benzene rings is 1. The van der Waals surface area contributed by atoms with Crippen LogP contribution in [-0.4, -0.2) is 113 Å². The number of hydrogen-bond donors (Lipinski definition) is 4. The average Bonchev–Trinajstić information content (AvgIpc) is 3.72. The maximum Gasteiger partial charge on any atom is 0.410 e. The molecule has 1 aromatic carbocycles. The Kier molecular flexibility index (Phi) is 12.3. The van der Waals surface area contributed by atoms with E-state index in [0.29, 0.717) is 38.2 Å². The molecule has 300 valence electrons. The number of hydrogen-bond acceptors (Lipinski definition) is 9. The van der Waals surface area contributed by atoms with Crippen molar-refractivity contribution in [2.45, 2.75) is 102 Å². The summed E-state index contributed by atoms with van der Waals surface area (Å²) < 4.78 is 5.95. The number of carbonyl (C=O) groups excluding carboxylic acids is 5. The fraction of sp³-hybridized carbons (Fsp3) is 0.537. The number of aliphatic carboxylic acids is 1. The lowest BCUT2D eigenvalue weighted by molar-refractivity contribution is -0.146. The molecule has 0 spiro atoms. The lowest BCUT2D eigenvalue weighted by Gasteiger charge is -2.31. The molecular formula is C41H53N7O8. The highest BCUT2D eigenvalue weighted by atomic mass is 16.6. The summed E-state index contributed by atoms with van der Waals surface area (Å²) in [4.78, 5) is 90.9. The summed E-state index contributed by atoms with van der Waals surface area (Å²) in [6, 6.07) is 7.95. The predicted octanol–water partition coefficient (Wildman–Crippen LogP) is 3.03. The molecule has 4 aliphatic rings. The Morgan fingerprint density at radius 2 is 1.82 bits per heavy atom. The zero-order valence-electron chi connectivity index (χ0n) is 32.5. The van der Waals surface area contributed by atoms with Gasteiger partial charge in [0.1, 0.15) is 35.6 Å².